The van der Waals surface area contributed by atoms with Gasteiger partial charge in [0.1, 0.15) is 11.6 Å². The summed E-state index contributed by atoms with van der Waals surface area (Å²) >= 11 is 0. The summed E-state index contributed by atoms with van der Waals surface area (Å²) in [5, 5.41) is 18.4. The summed E-state index contributed by atoms with van der Waals surface area (Å²) in [6.45, 7) is 3.27. The predicted molar refractivity (Wildman–Crippen MR) is 116 cm³/mol. The van der Waals surface area contributed by atoms with Gasteiger partial charge in [0.15, 0.2) is 5.82 Å². The maximum atomic E-state index is 10.1. The molecule has 0 amide bonds. The number of piperazine rings is 1. The van der Waals surface area contributed by atoms with E-state index in [4.69, 9.17) is 11.5 Å². The fourth-order valence-electron chi connectivity index (χ4n) is 3.36. The highest BCUT2D eigenvalue weighted by Gasteiger charge is 2.21. The molecule has 1 fully saturated rings. The van der Waals surface area contributed by atoms with Gasteiger partial charge in [-0.2, -0.15) is 0 Å². The summed E-state index contributed by atoms with van der Waals surface area (Å²) in [6.07, 6.45) is 1.71. The lowest BCUT2D eigenvalue weighted by Gasteiger charge is -2.36. The van der Waals surface area contributed by atoms with Gasteiger partial charge in [0.05, 0.1) is 17.9 Å². The summed E-state index contributed by atoms with van der Waals surface area (Å²) in [4.78, 5) is 13.0. The van der Waals surface area contributed by atoms with E-state index in [1.807, 2.05) is 18.2 Å². The zero-order valence-electron chi connectivity index (χ0n) is 16.4. The topological polar surface area (TPSA) is 130 Å². The van der Waals surface area contributed by atoms with Crippen molar-refractivity contribution in [2.45, 2.75) is 0 Å². The summed E-state index contributed by atoms with van der Waals surface area (Å²) in [5.74, 6) is 7.46. The van der Waals surface area contributed by atoms with Crippen molar-refractivity contribution in [3.05, 3.63) is 48.4 Å². The molecule has 1 aliphatic rings. The number of anilines is 3. The Morgan fingerprint density at radius 1 is 1.03 bits per heavy atom. The highest BCUT2D eigenvalue weighted by Crippen LogP contribution is 2.31. The molecule has 0 saturated carbocycles. The average Bonchev–Trinajstić information content (AvgIpc) is 2.79. The van der Waals surface area contributed by atoms with E-state index in [2.05, 4.69) is 41.8 Å². The van der Waals surface area contributed by atoms with Crippen molar-refractivity contribution in [1.82, 2.24) is 20.2 Å². The second-order valence-corrected chi connectivity index (χ2v) is 6.74. The van der Waals surface area contributed by atoms with Crippen molar-refractivity contribution in [3.8, 4) is 28.8 Å². The maximum Gasteiger partial charge on any atom is 0.206 e. The largest absolute Gasteiger partial charge is 0.507 e. The van der Waals surface area contributed by atoms with Gasteiger partial charge in [-0.05, 0) is 30.2 Å². The number of hydrogen-bond donors (Lipinski definition) is 3. The van der Waals surface area contributed by atoms with E-state index in [9.17, 15) is 5.11 Å². The van der Waals surface area contributed by atoms with Gasteiger partial charge in [-0.1, -0.05) is 18.1 Å². The maximum absolute atomic E-state index is 10.1. The van der Waals surface area contributed by atoms with Gasteiger partial charge in [-0.25, -0.2) is 9.97 Å². The van der Waals surface area contributed by atoms with E-state index >= 15 is 0 Å². The molecule has 1 aliphatic heterocycles. The fraction of sp³-hybridized carbons (Fsp3) is 0.238. The molecule has 30 heavy (non-hydrogen) atoms. The van der Waals surface area contributed by atoms with Crippen molar-refractivity contribution < 1.29 is 5.11 Å². The number of rotatable bonds is 3. The number of phenolic OH excluding ortho intramolecular Hbond substituents is 1. The number of benzene rings is 1. The number of para-hydroxylation sites is 1. The van der Waals surface area contributed by atoms with Crippen LogP contribution < -0.4 is 21.3 Å². The van der Waals surface area contributed by atoms with Crippen LogP contribution in [0.5, 0.6) is 5.75 Å². The van der Waals surface area contributed by atoms with Crippen LogP contribution in [0.15, 0.2) is 42.6 Å². The molecular formula is C21H22N8O. The number of aromatic nitrogens is 4. The molecule has 3 heterocycles. The number of hydrogen-bond acceptors (Lipinski definition) is 9. The Bertz CT molecular complexity index is 1100. The van der Waals surface area contributed by atoms with Crippen LogP contribution in [-0.2, 0) is 0 Å². The Kier molecular flexibility index (Phi) is 5.59. The Hall–Kier alpha value is -3.90. The van der Waals surface area contributed by atoms with Crippen LogP contribution in [0.3, 0.4) is 0 Å². The van der Waals surface area contributed by atoms with Crippen molar-refractivity contribution in [2.75, 3.05) is 48.3 Å². The van der Waals surface area contributed by atoms with Gasteiger partial charge in [0.25, 0.3) is 0 Å². The molecule has 3 aromatic rings. The molecule has 2 aromatic heterocycles. The molecule has 1 saturated heterocycles. The molecule has 0 radical (unpaired) electrons. The zero-order valence-corrected chi connectivity index (χ0v) is 16.4. The first kappa shape index (κ1) is 19.4. The van der Waals surface area contributed by atoms with Crippen LogP contribution in [0.4, 0.5) is 17.3 Å². The minimum Gasteiger partial charge on any atom is -0.507 e. The van der Waals surface area contributed by atoms with Crippen molar-refractivity contribution >= 4 is 17.3 Å². The summed E-state index contributed by atoms with van der Waals surface area (Å²) in [5.41, 5.74) is 13.5. The summed E-state index contributed by atoms with van der Waals surface area (Å²) in [7, 11) is 0. The van der Waals surface area contributed by atoms with E-state index in [0.717, 1.165) is 37.7 Å². The predicted octanol–water partition coefficient (Wildman–Crippen LogP) is 0.858. The molecule has 4 rings (SSSR count). The highest BCUT2D eigenvalue weighted by atomic mass is 16.3. The van der Waals surface area contributed by atoms with E-state index in [1.54, 1.807) is 24.4 Å². The minimum absolute atomic E-state index is 0.157. The van der Waals surface area contributed by atoms with E-state index in [0.29, 0.717) is 22.9 Å². The lowest BCUT2D eigenvalue weighted by Crippen LogP contribution is -2.47. The SMILES string of the molecule is NCC#Cc1nccc(N2CCN(c3cc(-c4ccccc4O)nnc3N)CC2)n1. The molecule has 0 aliphatic carbocycles. The minimum atomic E-state index is 0.157. The Morgan fingerprint density at radius 2 is 1.80 bits per heavy atom. The number of phenols is 1. The third-order valence-electron chi connectivity index (χ3n) is 4.87. The van der Waals surface area contributed by atoms with Gasteiger partial charge in [-0.15, -0.1) is 10.2 Å². The van der Waals surface area contributed by atoms with Crippen molar-refractivity contribution in [3.63, 3.8) is 0 Å². The first-order valence-electron chi connectivity index (χ1n) is 9.59. The number of nitrogen functional groups attached to an aromatic ring is 1. The third kappa shape index (κ3) is 4.09. The highest BCUT2D eigenvalue weighted by molar-refractivity contribution is 5.74. The van der Waals surface area contributed by atoms with E-state index < -0.39 is 0 Å². The Morgan fingerprint density at radius 3 is 2.57 bits per heavy atom. The van der Waals surface area contributed by atoms with Gasteiger partial charge < -0.3 is 26.4 Å². The molecule has 0 unspecified atom stereocenters. The molecule has 9 heteroatoms. The van der Waals surface area contributed by atoms with Crippen LogP contribution >= 0.6 is 0 Å². The van der Waals surface area contributed by atoms with Gasteiger partial charge >= 0.3 is 0 Å². The monoisotopic (exact) mass is 402 g/mol. The molecular weight excluding hydrogens is 380 g/mol. The number of nitrogens with two attached hydrogens (primary N) is 2. The van der Waals surface area contributed by atoms with Gasteiger partial charge in [0.2, 0.25) is 5.82 Å². The smallest absolute Gasteiger partial charge is 0.206 e. The normalized spacial score (nSPS) is 13.6. The molecule has 9 nitrogen and oxygen atoms in total. The summed E-state index contributed by atoms with van der Waals surface area (Å²) < 4.78 is 0. The van der Waals surface area contributed by atoms with Gasteiger partial charge in [0, 0.05) is 37.9 Å². The molecule has 5 N–H and O–H groups in total. The second kappa shape index (κ2) is 8.63. The lowest BCUT2D eigenvalue weighted by atomic mass is 10.1. The lowest BCUT2D eigenvalue weighted by molar-refractivity contribution is 0.477. The Balaban J connectivity index is 1.51. The van der Waals surface area contributed by atoms with Crippen molar-refractivity contribution in [1.29, 1.82) is 0 Å². The number of aromatic hydroxyl groups is 1. The van der Waals surface area contributed by atoms with Crippen molar-refractivity contribution in [2.24, 2.45) is 5.73 Å². The molecule has 1 aromatic carbocycles. The molecule has 0 spiro atoms. The number of nitrogens with zero attached hydrogens (tertiary/aromatic N) is 6. The van der Waals surface area contributed by atoms with Crippen LogP contribution in [0.25, 0.3) is 11.3 Å². The molecule has 0 bridgehead atoms. The molecule has 152 valence electrons. The first-order valence-corrected chi connectivity index (χ1v) is 9.59. The first-order chi connectivity index (χ1) is 14.7. The molecule has 0 atom stereocenters. The third-order valence-corrected chi connectivity index (χ3v) is 4.87. The zero-order chi connectivity index (χ0) is 20.9. The Labute approximate surface area is 174 Å². The van der Waals surface area contributed by atoms with Crippen LogP contribution in [0.2, 0.25) is 0 Å². The van der Waals surface area contributed by atoms with Crippen LogP contribution in [0, 0.1) is 11.8 Å². The van der Waals surface area contributed by atoms with E-state index in [-0.39, 0.29) is 12.3 Å². The van der Waals surface area contributed by atoms with Gasteiger partial charge in [-0.3, -0.25) is 0 Å². The second-order valence-electron chi connectivity index (χ2n) is 6.74. The van der Waals surface area contributed by atoms with Crippen LogP contribution in [-0.4, -0.2) is 58.0 Å². The van der Waals surface area contributed by atoms with Crippen LogP contribution in [0.1, 0.15) is 5.82 Å². The average molecular weight is 402 g/mol. The standard InChI is InChI=1S/C21H22N8O/c22-8-3-6-19-24-9-7-20(25-19)29-12-10-28(11-13-29)17-14-16(26-27-21(17)23)15-4-1-2-5-18(15)30/h1-2,4-5,7,9,14,30H,8,10-13,22H2,(H2,23,27). The fourth-order valence-corrected chi connectivity index (χ4v) is 3.36. The summed E-state index contributed by atoms with van der Waals surface area (Å²) in [6, 6.07) is 10.8. The van der Waals surface area contributed by atoms with E-state index in [1.165, 1.54) is 0 Å². The quantitative estimate of drug-likeness (QED) is 0.546.